The lowest BCUT2D eigenvalue weighted by Gasteiger charge is -2.27. The Morgan fingerprint density at radius 2 is 1.50 bits per heavy atom. The summed E-state index contributed by atoms with van der Waals surface area (Å²) < 4.78 is 4.55. The first-order chi connectivity index (χ1) is 24.1. The molecule has 50 heavy (non-hydrogen) atoms. The summed E-state index contributed by atoms with van der Waals surface area (Å²) in [6.07, 6.45) is 6.78. The van der Waals surface area contributed by atoms with Gasteiger partial charge in [-0.3, -0.25) is 9.59 Å². The molecule has 3 amide bonds. The third-order valence-electron chi connectivity index (χ3n) is 8.56. The molecule has 268 valence electrons. The number of likely N-dealkylation sites (tertiary alicyclic amines) is 1. The highest BCUT2D eigenvalue weighted by atomic mass is 16.5. The molecule has 1 saturated heterocycles. The highest BCUT2D eigenvalue weighted by Crippen LogP contribution is 2.33. The second-order valence-electron chi connectivity index (χ2n) is 12.9. The molecule has 1 aliphatic heterocycles. The minimum Gasteiger partial charge on any atom is -0.453 e. The minimum absolute atomic E-state index is 0.0132. The number of imidazole rings is 2. The number of nitrogens with two attached hydrogens (primary N) is 1. The highest BCUT2D eigenvalue weighted by Gasteiger charge is 2.35. The number of ether oxygens (including phenoxy) is 1. The van der Waals surface area contributed by atoms with Crippen molar-refractivity contribution in [3.63, 3.8) is 0 Å². The Balaban J connectivity index is 0.00000181. The van der Waals surface area contributed by atoms with Crippen LogP contribution >= 0.6 is 0 Å². The molecule has 0 radical (unpaired) electrons. The van der Waals surface area contributed by atoms with Crippen LogP contribution in [0.1, 0.15) is 78.0 Å². The molecule has 12 heteroatoms. The Bertz CT molecular complexity index is 1680. The van der Waals surface area contributed by atoms with Crippen LogP contribution in [0, 0.1) is 5.92 Å². The van der Waals surface area contributed by atoms with Crippen molar-refractivity contribution in [1.29, 1.82) is 0 Å². The van der Waals surface area contributed by atoms with Gasteiger partial charge in [-0.25, -0.2) is 14.8 Å². The number of aromatic amines is 2. The largest absolute Gasteiger partial charge is 0.453 e. The number of carbonyl (C=O) groups excluding carboxylic acids is 3. The maximum absolute atomic E-state index is 13.0. The Morgan fingerprint density at radius 3 is 2.06 bits per heavy atom. The van der Waals surface area contributed by atoms with Gasteiger partial charge in [-0.2, -0.15) is 0 Å². The van der Waals surface area contributed by atoms with E-state index in [0.29, 0.717) is 25.5 Å². The van der Waals surface area contributed by atoms with E-state index in [9.17, 15) is 14.4 Å². The van der Waals surface area contributed by atoms with E-state index >= 15 is 0 Å². The van der Waals surface area contributed by atoms with Gasteiger partial charge in [0.15, 0.2) is 0 Å². The smallest absolute Gasteiger partial charge is 0.407 e. The molecule has 3 heterocycles. The molecule has 2 unspecified atom stereocenters. The monoisotopic (exact) mass is 684 g/mol. The van der Waals surface area contributed by atoms with Gasteiger partial charge in [-0.1, -0.05) is 89.6 Å². The number of alkyl carbamates (subject to hydrolysis) is 1. The van der Waals surface area contributed by atoms with Gasteiger partial charge in [0.1, 0.15) is 18.2 Å². The van der Waals surface area contributed by atoms with E-state index in [1.807, 2.05) is 44.0 Å². The summed E-state index contributed by atoms with van der Waals surface area (Å²) in [6, 6.07) is 15.9. The normalized spacial score (nSPS) is 14.6. The summed E-state index contributed by atoms with van der Waals surface area (Å²) in [5.74, 6) is 1.31. The van der Waals surface area contributed by atoms with E-state index in [4.69, 9.17) is 5.73 Å². The molecular weight excluding hydrogens is 632 g/mol. The van der Waals surface area contributed by atoms with Crippen molar-refractivity contribution in [2.45, 2.75) is 78.9 Å². The summed E-state index contributed by atoms with van der Waals surface area (Å²) in [5, 5.41) is 2.44. The Kier molecular flexibility index (Phi) is 13.7. The van der Waals surface area contributed by atoms with Crippen LogP contribution in [0.15, 0.2) is 60.9 Å². The van der Waals surface area contributed by atoms with Crippen molar-refractivity contribution < 1.29 is 19.1 Å². The van der Waals surface area contributed by atoms with Crippen molar-refractivity contribution in [3.8, 4) is 33.6 Å². The van der Waals surface area contributed by atoms with Gasteiger partial charge < -0.3 is 35.6 Å². The maximum Gasteiger partial charge on any atom is 0.407 e. The van der Waals surface area contributed by atoms with E-state index in [-0.39, 0.29) is 30.3 Å². The fourth-order valence-electron chi connectivity index (χ4n) is 5.79. The van der Waals surface area contributed by atoms with Crippen LogP contribution in [0.3, 0.4) is 0 Å². The van der Waals surface area contributed by atoms with E-state index in [2.05, 4.69) is 80.2 Å². The van der Waals surface area contributed by atoms with Gasteiger partial charge in [-0.05, 0) is 47.4 Å². The van der Waals surface area contributed by atoms with Crippen molar-refractivity contribution in [1.82, 2.24) is 35.1 Å². The molecule has 0 saturated carbocycles. The quantitative estimate of drug-likeness (QED) is 0.136. The SMILES string of the molecule is CCC.CCCN(Cc1ncc(-c2ccc(-c3ccc(-c4cnc(C5CCCN5C(=O)C(N)C(C)C)[nH]4)cc3)cc2)[nH]1)C(=O)CNC(=O)OC. The molecule has 2 aromatic carbocycles. The number of methoxy groups -OCH3 is 1. The van der Waals surface area contributed by atoms with Gasteiger partial charge in [0.2, 0.25) is 11.8 Å². The van der Waals surface area contributed by atoms with Gasteiger partial charge >= 0.3 is 6.09 Å². The third-order valence-corrected chi connectivity index (χ3v) is 8.56. The van der Waals surface area contributed by atoms with Crippen LogP contribution in [0.5, 0.6) is 0 Å². The second kappa shape index (κ2) is 18.1. The van der Waals surface area contributed by atoms with Crippen LogP contribution in [0.2, 0.25) is 0 Å². The zero-order valence-electron chi connectivity index (χ0n) is 30.2. The van der Waals surface area contributed by atoms with Gasteiger partial charge in [0, 0.05) is 13.1 Å². The lowest BCUT2D eigenvalue weighted by molar-refractivity contribution is -0.134. The lowest BCUT2D eigenvalue weighted by atomic mass is 10.0. The Hall–Kier alpha value is -4.97. The number of carbonyl (C=O) groups is 3. The van der Waals surface area contributed by atoms with Gasteiger partial charge in [-0.15, -0.1) is 0 Å². The van der Waals surface area contributed by atoms with Crippen molar-refractivity contribution in [2.24, 2.45) is 11.7 Å². The van der Waals surface area contributed by atoms with Crippen LogP contribution in [-0.2, 0) is 20.9 Å². The molecule has 1 aliphatic rings. The summed E-state index contributed by atoms with van der Waals surface area (Å²) in [5.41, 5.74) is 12.1. The second-order valence-corrected chi connectivity index (χ2v) is 12.9. The Morgan fingerprint density at radius 1 is 0.940 bits per heavy atom. The molecule has 1 fully saturated rings. The maximum atomic E-state index is 13.0. The molecule has 0 spiro atoms. The number of nitrogens with zero attached hydrogens (tertiary/aromatic N) is 4. The first-order valence-electron chi connectivity index (χ1n) is 17.6. The molecule has 5 N–H and O–H groups in total. The standard InChI is InChI=1S/C35H44N8O4.C3H8/c1-5-16-42(31(44)20-39-35(46)47-4)21-30-37-18-27(40-30)25-12-8-23(9-13-25)24-10-14-26(15-11-24)28-19-38-33(41-28)29-7-6-17-43(29)34(45)32(36)22(2)3;1-3-2/h8-15,18-19,22,29,32H,5-7,16-17,20-21,36H2,1-4H3,(H,37,40)(H,38,41)(H,39,46);3H2,1-2H3. The number of nitrogens with one attached hydrogen (secondary N) is 3. The fourth-order valence-corrected chi connectivity index (χ4v) is 5.79. The zero-order chi connectivity index (χ0) is 36.2. The molecule has 4 aromatic rings. The van der Waals surface area contributed by atoms with E-state index in [0.717, 1.165) is 58.7 Å². The topological polar surface area (TPSA) is 162 Å². The van der Waals surface area contributed by atoms with Gasteiger partial charge in [0.25, 0.3) is 0 Å². The van der Waals surface area contributed by atoms with Crippen LogP contribution in [-0.4, -0.2) is 80.4 Å². The predicted octanol–water partition coefficient (Wildman–Crippen LogP) is 6.29. The van der Waals surface area contributed by atoms with Crippen LogP contribution < -0.4 is 11.1 Å². The third kappa shape index (κ3) is 9.59. The van der Waals surface area contributed by atoms with E-state index < -0.39 is 12.1 Å². The summed E-state index contributed by atoms with van der Waals surface area (Å²) in [6.45, 7) is 11.6. The van der Waals surface area contributed by atoms with Crippen LogP contribution in [0.4, 0.5) is 4.79 Å². The molecule has 0 bridgehead atoms. The predicted molar refractivity (Wildman–Crippen MR) is 196 cm³/mol. The highest BCUT2D eigenvalue weighted by molar-refractivity contribution is 5.83. The first-order valence-corrected chi connectivity index (χ1v) is 17.6. The lowest BCUT2D eigenvalue weighted by Crippen LogP contribution is -2.46. The summed E-state index contributed by atoms with van der Waals surface area (Å²) in [7, 11) is 1.26. The number of hydrogen-bond donors (Lipinski definition) is 4. The van der Waals surface area contributed by atoms with E-state index in [1.165, 1.54) is 13.5 Å². The van der Waals surface area contributed by atoms with E-state index in [1.54, 1.807) is 11.1 Å². The summed E-state index contributed by atoms with van der Waals surface area (Å²) in [4.78, 5) is 56.4. The van der Waals surface area contributed by atoms with Crippen molar-refractivity contribution in [2.75, 3.05) is 26.7 Å². The van der Waals surface area contributed by atoms with Crippen LogP contribution in [0.25, 0.3) is 33.6 Å². The van der Waals surface area contributed by atoms with Gasteiger partial charge in [0.05, 0.1) is 49.5 Å². The van der Waals surface area contributed by atoms with Crippen molar-refractivity contribution >= 4 is 17.9 Å². The molecular formula is C38H52N8O4. The Labute approximate surface area is 295 Å². The minimum atomic E-state index is -0.643. The number of benzene rings is 2. The molecule has 2 aromatic heterocycles. The molecule has 12 nitrogen and oxygen atoms in total. The number of rotatable bonds is 12. The summed E-state index contributed by atoms with van der Waals surface area (Å²) >= 11 is 0. The molecule has 0 aliphatic carbocycles. The average molecular weight is 685 g/mol. The van der Waals surface area contributed by atoms with Crippen molar-refractivity contribution in [3.05, 3.63) is 72.6 Å². The fraction of sp³-hybridized carbons (Fsp3) is 0.447. The first kappa shape index (κ1) is 37.8. The number of amides is 3. The molecule has 2 atom stereocenters. The zero-order valence-corrected chi connectivity index (χ0v) is 30.2. The molecule has 5 rings (SSSR count). The average Bonchev–Trinajstić information content (AvgIpc) is 3.92. The number of hydrogen-bond acceptors (Lipinski definition) is 7. The number of H-pyrrole nitrogens is 2. The number of aromatic nitrogens is 4.